The minimum atomic E-state index is -0.338. The summed E-state index contributed by atoms with van der Waals surface area (Å²) in [4.78, 5) is 16.5. The normalized spacial score (nSPS) is 10.5. The number of hydrogen-bond acceptors (Lipinski definition) is 5. The topological polar surface area (TPSA) is 64.4 Å². The molecule has 0 aliphatic carbocycles. The van der Waals surface area contributed by atoms with Crippen molar-refractivity contribution in [3.63, 3.8) is 0 Å². The molecule has 22 heavy (non-hydrogen) atoms. The molecule has 0 radical (unpaired) electrons. The summed E-state index contributed by atoms with van der Waals surface area (Å²) >= 11 is 7.28. The van der Waals surface area contributed by atoms with Crippen LogP contribution in [0.4, 0.5) is 5.69 Å². The van der Waals surface area contributed by atoms with Crippen molar-refractivity contribution in [1.29, 1.82) is 0 Å². The number of anilines is 1. The smallest absolute Gasteiger partial charge is 0.275 e. The molecule has 0 atom stereocenters. The first-order valence-corrected chi connectivity index (χ1v) is 7.57. The lowest BCUT2D eigenvalue weighted by Crippen LogP contribution is -2.13. The molecule has 2 aromatic heterocycles. The van der Waals surface area contributed by atoms with Crippen LogP contribution in [0.2, 0.25) is 5.02 Å². The van der Waals surface area contributed by atoms with Gasteiger partial charge >= 0.3 is 0 Å². The van der Waals surface area contributed by atoms with E-state index in [1.165, 1.54) is 18.4 Å². The van der Waals surface area contributed by atoms with Crippen LogP contribution in [0.3, 0.4) is 0 Å². The van der Waals surface area contributed by atoms with Crippen molar-refractivity contribution in [2.24, 2.45) is 0 Å². The van der Waals surface area contributed by atoms with Gasteiger partial charge in [-0.25, -0.2) is 4.98 Å². The molecule has 0 aliphatic heterocycles. The van der Waals surface area contributed by atoms with Crippen molar-refractivity contribution < 1.29 is 13.9 Å². The molecule has 3 aromatic rings. The molecule has 0 spiro atoms. The third kappa shape index (κ3) is 2.98. The van der Waals surface area contributed by atoms with E-state index >= 15 is 0 Å². The van der Waals surface area contributed by atoms with Gasteiger partial charge in [-0.15, -0.1) is 11.3 Å². The number of aromatic nitrogens is 1. The summed E-state index contributed by atoms with van der Waals surface area (Å²) in [6.07, 6.45) is 1.56. The lowest BCUT2D eigenvalue weighted by atomic mass is 10.3. The SMILES string of the molecule is COc1ccc(Cl)cc1NC(=O)c1csc(-c2ccco2)n1. The predicted octanol–water partition coefficient (Wildman–Crippen LogP) is 4.32. The Labute approximate surface area is 135 Å². The monoisotopic (exact) mass is 334 g/mol. The molecule has 0 unspecified atom stereocenters. The summed E-state index contributed by atoms with van der Waals surface area (Å²) in [6.45, 7) is 0. The number of nitrogens with zero attached hydrogens (tertiary/aromatic N) is 1. The zero-order valence-electron chi connectivity index (χ0n) is 11.5. The molecule has 3 rings (SSSR count). The molecule has 2 heterocycles. The molecule has 1 N–H and O–H groups in total. The molecule has 112 valence electrons. The van der Waals surface area contributed by atoms with E-state index in [2.05, 4.69) is 10.3 Å². The number of thiazole rings is 1. The first-order valence-electron chi connectivity index (χ1n) is 6.31. The van der Waals surface area contributed by atoms with Crippen molar-refractivity contribution in [1.82, 2.24) is 4.98 Å². The number of carbonyl (C=O) groups excluding carboxylic acids is 1. The van der Waals surface area contributed by atoms with Crippen molar-refractivity contribution in [3.05, 3.63) is 52.7 Å². The molecular formula is C15H11ClN2O3S. The molecule has 0 saturated heterocycles. The zero-order valence-corrected chi connectivity index (χ0v) is 13.1. The Balaban J connectivity index is 1.82. The third-order valence-electron chi connectivity index (χ3n) is 2.88. The van der Waals surface area contributed by atoms with Crippen LogP contribution < -0.4 is 10.1 Å². The number of methoxy groups -OCH3 is 1. The Hall–Kier alpha value is -2.31. The van der Waals surface area contributed by atoms with Gasteiger partial charge in [0.1, 0.15) is 11.4 Å². The number of carbonyl (C=O) groups is 1. The minimum Gasteiger partial charge on any atom is -0.495 e. The minimum absolute atomic E-state index is 0.304. The second-order valence-corrected chi connectivity index (χ2v) is 5.61. The van der Waals surface area contributed by atoms with Crippen LogP contribution in [0.1, 0.15) is 10.5 Å². The zero-order chi connectivity index (χ0) is 15.5. The van der Waals surface area contributed by atoms with Gasteiger partial charge < -0.3 is 14.5 Å². The average molecular weight is 335 g/mol. The van der Waals surface area contributed by atoms with Gasteiger partial charge in [0.2, 0.25) is 0 Å². The van der Waals surface area contributed by atoms with Gasteiger partial charge in [0.05, 0.1) is 19.1 Å². The maximum atomic E-state index is 12.3. The highest BCUT2D eigenvalue weighted by atomic mass is 35.5. The van der Waals surface area contributed by atoms with Crippen molar-refractivity contribution in [2.45, 2.75) is 0 Å². The van der Waals surface area contributed by atoms with E-state index in [4.69, 9.17) is 20.8 Å². The van der Waals surface area contributed by atoms with Gasteiger partial charge in [-0.3, -0.25) is 4.79 Å². The second-order valence-electron chi connectivity index (χ2n) is 4.31. The quantitative estimate of drug-likeness (QED) is 0.771. The fourth-order valence-electron chi connectivity index (χ4n) is 1.86. The van der Waals surface area contributed by atoms with Crippen LogP contribution in [0.5, 0.6) is 5.75 Å². The first-order chi connectivity index (χ1) is 10.7. The van der Waals surface area contributed by atoms with Crippen LogP contribution in [0.15, 0.2) is 46.4 Å². The molecule has 1 aromatic carbocycles. The lowest BCUT2D eigenvalue weighted by molar-refractivity contribution is 0.102. The van der Waals surface area contributed by atoms with Crippen LogP contribution in [0.25, 0.3) is 10.8 Å². The Bertz CT molecular complexity index is 799. The van der Waals surface area contributed by atoms with Crippen molar-refractivity contribution >= 4 is 34.5 Å². The van der Waals surface area contributed by atoms with Gasteiger partial charge in [-0.2, -0.15) is 0 Å². The number of hydrogen-bond donors (Lipinski definition) is 1. The molecule has 0 bridgehead atoms. The van der Waals surface area contributed by atoms with E-state index in [0.717, 1.165) is 0 Å². The maximum absolute atomic E-state index is 12.3. The molecule has 5 nitrogen and oxygen atoms in total. The highest BCUT2D eigenvalue weighted by Crippen LogP contribution is 2.29. The van der Waals surface area contributed by atoms with Gasteiger partial charge in [0.15, 0.2) is 10.8 Å². The van der Waals surface area contributed by atoms with E-state index in [1.807, 2.05) is 0 Å². The predicted molar refractivity (Wildman–Crippen MR) is 85.8 cm³/mol. The molecule has 0 saturated carbocycles. The van der Waals surface area contributed by atoms with Gasteiger partial charge in [-0.05, 0) is 30.3 Å². The van der Waals surface area contributed by atoms with E-state index in [1.54, 1.807) is 42.0 Å². The van der Waals surface area contributed by atoms with Crippen molar-refractivity contribution in [3.8, 4) is 16.5 Å². The number of nitrogens with one attached hydrogen (secondary N) is 1. The Morgan fingerprint density at radius 3 is 3.00 bits per heavy atom. The van der Waals surface area contributed by atoms with E-state index < -0.39 is 0 Å². The van der Waals surface area contributed by atoms with Crippen molar-refractivity contribution in [2.75, 3.05) is 12.4 Å². The summed E-state index contributed by atoms with van der Waals surface area (Å²) in [5.74, 6) is 0.818. The number of ether oxygens (including phenoxy) is 1. The summed E-state index contributed by atoms with van der Waals surface area (Å²) in [6, 6.07) is 8.56. The Morgan fingerprint density at radius 1 is 1.41 bits per heavy atom. The van der Waals surface area contributed by atoms with Crippen LogP contribution in [-0.2, 0) is 0 Å². The molecule has 1 amide bonds. The molecule has 0 aliphatic rings. The fraction of sp³-hybridized carbons (Fsp3) is 0.0667. The second kappa shape index (κ2) is 6.21. The number of halogens is 1. The van der Waals surface area contributed by atoms with E-state index in [9.17, 15) is 4.79 Å². The molecule has 0 fully saturated rings. The highest BCUT2D eigenvalue weighted by Gasteiger charge is 2.15. The fourth-order valence-corrected chi connectivity index (χ4v) is 2.79. The van der Waals surface area contributed by atoms with E-state index in [0.29, 0.717) is 32.9 Å². The highest BCUT2D eigenvalue weighted by molar-refractivity contribution is 7.13. The lowest BCUT2D eigenvalue weighted by Gasteiger charge is -2.09. The molecule has 7 heteroatoms. The average Bonchev–Trinajstić information content (AvgIpc) is 3.18. The van der Waals surface area contributed by atoms with Crippen LogP contribution >= 0.6 is 22.9 Å². The number of rotatable bonds is 4. The Morgan fingerprint density at radius 2 is 2.27 bits per heavy atom. The third-order valence-corrected chi connectivity index (χ3v) is 3.97. The van der Waals surface area contributed by atoms with Crippen LogP contribution in [0, 0.1) is 0 Å². The first kappa shape index (κ1) is 14.6. The standard InChI is InChI=1S/C15H11ClN2O3S/c1-20-12-5-4-9(16)7-10(12)17-14(19)11-8-22-15(18-11)13-3-2-6-21-13/h2-8H,1H3,(H,17,19). The maximum Gasteiger partial charge on any atom is 0.275 e. The summed E-state index contributed by atoms with van der Waals surface area (Å²) in [5, 5.41) is 5.56. The summed E-state index contributed by atoms with van der Waals surface area (Å²) in [5.41, 5.74) is 0.797. The number of amides is 1. The van der Waals surface area contributed by atoms with Gasteiger partial charge in [-0.1, -0.05) is 11.6 Å². The van der Waals surface area contributed by atoms with Gasteiger partial charge in [0.25, 0.3) is 5.91 Å². The molecular weight excluding hydrogens is 324 g/mol. The summed E-state index contributed by atoms with van der Waals surface area (Å²) in [7, 11) is 1.52. The van der Waals surface area contributed by atoms with Crippen LogP contribution in [-0.4, -0.2) is 18.0 Å². The van der Waals surface area contributed by atoms with E-state index in [-0.39, 0.29) is 5.91 Å². The largest absolute Gasteiger partial charge is 0.495 e. The summed E-state index contributed by atoms with van der Waals surface area (Å²) < 4.78 is 10.5. The number of benzene rings is 1. The van der Waals surface area contributed by atoms with Gasteiger partial charge in [0, 0.05) is 10.4 Å². The Kier molecular flexibility index (Phi) is 4.13. The number of furan rings is 1.